The summed E-state index contributed by atoms with van der Waals surface area (Å²) in [4.78, 5) is 12.0. The van der Waals surface area contributed by atoms with Gasteiger partial charge in [0.05, 0.1) is 11.6 Å². The van der Waals surface area contributed by atoms with E-state index in [1.54, 1.807) is 24.3 Å². The summed E-state index contributed by atoms with van der Waals surface area (Å²) >= 11 is 0. The highest BCUT2D eigenvalue weighted by molar-refractivity contribution is 5.72. The Morgan fingerprint density at radius 2 is 1.68 bits per heavy atom. The van der Waals surface area contributed by atoms with E-state index in [9.17, 15) is 4.79 Å². The Balaban J connectivity index is 1.31. The number of hydrogen-bond donors (Lipinski definition) is 0. The maximum Gasteiger partial charge on any atom is 0.311 e. The lowest BCUT2D eigenvalue weighted by atomic mass is 9.77. The topological polar surface area (TPSA) is 50.1 Å². The first kappa shape index (κ1) is 23.1. The van der Waals surface area contributed by atoms with Gasteiger partial charge in [0.25, 0.3) is 0 Å². The summed E-state index contributed by atoms with van der Waals surface area (Å²) in [5, 5.41) is 8.80. The van der Waals surface area contributed by atoms with Crippen LogP contribution in [0.25, 0.3) is 0 Å². The molecule has 0 bridgehead atoms. The van der Waals surface area contributed by atoms with Gasteiger partial charge in [0.15, 0.2) is 0 Å². The van der Waals surface area contributed by atoms with Crippen LogP contribution in [-0.2, 0) is 11.2 Å². The molecule has 3 rings (SSSR count). The molecule has 0 N–H and O–H groups in total. The zero-order chi connectivity index (χ0) is 21.9. The molecule has 1 aliphatic carbocycles. The van der Waals surface area contributed by atoms with E-state index >= 15 is 0 Å². The van der Waals surface area contributed by atoms with Crippen LogP contribution >= 0.6 is 0 Å². The van der Waals surface area contributed by atoms with Crippen molar-refractivity contribution in [2.24, 2.45) is 5.92 Å². The number of hydrogen-bond acceptors (Lipinski definition) is 3. The maximum atomic E-state index is 12.0. The van der Waals surface area contributed by atoms with Crippen LogP contribution in [0, 0.1) is 17.2 Å². The predicted octanol–water partition coefficient (Wildman–Crippen LogP) is 7.34. The first-order valence-corrected chi connectivity index (χ1v) is 12.0. The van der Waals surface area contributed by atoms with Crippen molar-refractivity contribution in [3.05, 3.63) is 65.2 Å². The van der Waals surface area contributed by atoms with Crippen molar-refractivity contribution in [2.45, 2.75) is 83.5 Å². The molecule has 2 aromatic rings. The normalized spacial score (nSPS) is 18.3. The standard InChI is InChI=1S/C28H35NO2/c1-2-6-22-9-15-25(16-10-22)26-17-11-23(12-18-26)7-4-3-5-8-28(30)31-27-19-13-24(21-29)14-20-27/h11-14,17-20,22,25H,2-10,15-16H2,1H3. The monoisotopic (exact) mass is 417 g/mol. The van der Waals surface area contributed by atoms with E-state index in [1.807, 2.05) is 0 Å². The molecule has 2 aromatic carbocycles. The Morgan fingerprint density at radius 1 is 0.968 bits per heavy atom. The van der Waals surface area contributed by atoms with Gasteiger partial charge in [-0.1, -0.05) is 50.5 Å². The summed E-state index contributed by atoms with van der Waals surface area (Å²) in [5.41, 5.74) is 3.47. The number of esters is 1. The second kappa shape index (κ2) is 12.3. The molecular weight excluding hydrogens is 382 g/mol. The SMILES string of the molecule is CCCC1CCC(c2ccc(CCCCCC(=O)Oc3ccc(C#N)cc3)cc2)CC1. The lowest BCUT2D eigenvalue weighted by molar-refractivity contribution is -0.134. The summed E-state index contributed by atoms with van der Waals surface area (Å²) in [5.74, 6) is 2.01. The molecule has 0 unspecified atom stereocenters. The van der Waals surface area contributed by atoms with Crippen molar-refractivity contribution in [2.75, 3.05) is 0 Å². The highest BCUT2D eigenvalue weighted by Crippen LogP contribution is 2.37. The Kier molecular flexibility index (Phi) is 9.16. The molecule has 1 saturated carbocycles. The highest BCUT2D eigenvalue weighted by atomic mass is 16.5. The van der Waals surface area contributed by atoms with Crippen molar-refractivity contribution in [3.8, 4) is 11.8 Å². The molecule has 164 valence electrons. The van der Waals surface area contributed by atoms with Crippen molar-refractivity contribution >= 4 is 5.97 Å². The Hall–Kier alpha value is -2.60. The third kappa shape index (κ3) is 7.55. The third-order valence-corrected chi connectivity index (χ3v) is 6.56. The average Bonchev–Trinajstić information content (AvgIpc) is 2.80. The van der Waals surface area contributed by atoms with Gasteiger partial charge in [-0.2, -0.15) is 5.26 Å². The maximum absolute atomic E-state index is 12.0. The van der Waals surface area contributed by atoms with Crippen LogP contribution in [-0.4, -0.2) is 5.97 Å². The highest BCUT2D eigenvalue weighted by Gasteiger charge is 2.21. The van der Waals surface area contributed by atoms with E-state index in [-0.39, 0.29) is 5.97 Å². The van der Waals surface area contributed by atoms with Gasteiger partial charge < -0.3 is 4.74 Å². The minimum absolute atomic E-state index is 0.206. The van der Waals surface area contributed by atoms with Crippen LogP contribution in [0.3, 0.4) is 0 Å². The van der Waals surface area contributed by atoms with E-state index in [1.165, 1.54) is 49.7 Å². The molecule has 1 aliphatic rings. The van der Waals surface area contributed by atoms with E-state index in [0.29, 0.717) is 17.7 Å². The second-order valence-corrected chi connectivity index (χ2v) is 8.92. The lowest BCUT2D eigenvalue weighted by Gasteiger charge is -2.28. The van der Waals surface area contributed by atoms with Crippen LogP contribution < -0.4 is 4.74 Å². The van der Waals surface area contributed by atoms with E-state index in [2.05, 4.69) is 37.3 Å². The number of unbranched alkanes of at least 4 members (excludes halogenated alkanes) is 2. The molecule has 0 atom stereocenters. The Morgan fingerprint density at radius 3 is 2.32 bits per heavy atom. The van der Waals surface area contributed by atoms with E-state index in [4.69, 9.17) is 10.00 Å². The molecule has 0 aromatic heterocycles. The third-order valence-electron chi connectivity index (χ3n) is 6.56. The average molecular weight is 418 g/mol. The Bertz CT molecular complexity index is 840. The van der Waals surface area contributed by atoms with Gasteiger partial charge in [0.2, 0.25) is 0 Å². The summed E-state index contributed by atoms with van der Waals surface area (Å²) < 4.78 is 5.32. The van der Waals surface area contributed by atoms with Gasteiger partial charge in [-0.05, 0) is 92.2 Å². The van der Waals surface area contributed by atoms with Crippen LogP contribution in [0.2, 0.25) is 0 Å². The molecule has 0 spiro atoms. The van der Waals surface area contributed by atoms with E-state index < -0.39 is 0 Å². The molecule has 0 amide bonds. The number of ether oxygens (including phenoxy) is 1. The molecular formula is C28H35NO2. The number of nitriles is 1. The van der Waals surface area contributed by atoms with Gasteiger partial charge >= 0.3 is 5.97 Å². The fourth-order valence-corrected chi connectivity index (χ4v) is 4.70. The number of rotatable bonds is 10. The Labute approximate surface area is 187 Å². The largest absolute Gasteiger partial charge is 0.427 e. The fraction of sp³-hybridized carbons (Fsp3) is 0.500. The van der Waals surface area contributed by atoms with E-state index in [0.717, 1.165) is 37.5 Å². The summed E-state index contributed by atoms with van der Waals surface area (Å²) in [6.45, 7) is 2.30. The molecule has 0 heterocycles. The molecule has 3 heteroatoms. The number of nitrogens with zero attached hydrogens (tertiary/aromatic N) is 1. The quantitative estimate of drug-likeness (QED) is 0.231. The molecule has 31 heavy (non-hydrogen) atoms. The lowest BCUT2D eigenvalue weighted by Crippen LogP contribution is -2.13. The second-order valence-electron chi connectivity index (χ2n) is 8.92. The first-order chi connectivity index (χ1) is 15.2. The van der Waals surface area contributed by atoms with Crippen molar-refractivity contribution in [1.29, 1.82) is 5.26 Å². The van der Waals surface area contributed by atoms with Gasteiger partial charge in [0, 0.05) is 6.42 Å². The summed E-state index contributed by atoms with van der Waals surface area (Å²) in [6, 6.07) is 18.0. The minimum Gasteiger partial charge on any atom is -0.427 e. The number of carbonyl (C=O) groups is 1. The number of carbonyl (C=O) groups excluding carboxylic acids is 1. The minimum atomic E-state index is -0.206. The zero-order valence-corrected chi connectivity index (χ0v) is 18.8. The summed E-state index contributed by atoms with van der Waals surface area (Å²) in [6.07, 6.45) is 12.7. The molecule has 0 aliphatic heterocycles. The van der Waals surface area contributed by atoms with Gasteiger partial charge in [-0.25, -0.2) is 0 Å². The number of benzene rings is 2. The predicted molar refractivity (Wildman–Crippen MR) is 125 cm³/mol. The molecule has 0 radical (unpaired) electrons. The zero-order valence-electron chi connectivity index (χ0n) is 18.8. The smallest absolute Gasteiger partial charge is 0.311 e. The van der Waals surface area contributed by atoms with Crippen LogP contribution in [0.5, 0.6) is 5.75 Å². The van der Waals surface area contributed by atoms with Gasteiger partial charge in [-0.15, -0.1) is 0 Å². The fourth-order valence-electron chi connectivity index (χ4n) is 4.70. The van der Waals surface area contributed by atoms with Crippen molar-refractivity contribution in [1.82, 2.24) is 0 Å². The van der Waals surface area contributed by atoms with Gasteiger partial charge in [0.1, 0.15) is 5.75 Å². The van der Waals surface area contributed by atoms with Crippen LogP contribution in [0.1, 0.15) is 93.7 Å². The van der Waals surface area contributed by atoms with Crippen LogP contribution in [0.15, 0.2) is 48.5 Å². The van der Waals surface area contributed by atoms with Crippen molar-refractivity contribution < 1.29 is 9.53 Å². The van der Waals surface area contributed by atoms with Crippen molar-refractivity contribution in [3.63, 3.8) is 0 Å². The summed E-state index contributed by atoms with van der Waals surface area (Å²) in [7, 11) is 0. The molecule has 3 nitrogen and oxygen atoms in total. The van der Waals surface area contributed by atoms with Gasteiger partial charge in [-0.3, -0.25) is 4.79 Å². The first-order valence-electron chi connectivity index (χ1n) is 12.0. The molecule has 1 fully saturated rings. The van der Waals surface area contributed by atoms with Crippen LogP contribution in [0.4, 0.5) is 0 Å². The number of aryl methyl sites for hydroxylation is 1. The molecule has 0 saturated heterocycles.